The van der Waals surface area contributed by atoms with Crippen LogP contribution in [0.4, 0.5) is 5.69 Å². The van der Waals surface area contributed by atoms with E-state index < -0.39 is 4.92 Å². The number of benzene rings is 2. The van der Waals surface area contributed by atoms with Gasteiger partial charge in [-0.15, -0.1) is 0 Å². The Balaban J connectivity index is 2.15. The third-order valence-electron chi connectivity index (χ3n) is 3.61. The van der Waals surface area contributed by atoms with Gasteiger partial charge in [0, 0.05) is 23.4 Å². The van der Waals surface area contributed by atoms with Crippen LogP contribution in [0.15, 0.2) is 59.9 Å². The first kappa shape index (κ1) is 16.2. The second-order valence-corrected chi connectivity index (χ2v) is 5.10. The van der Waals surface area contributed by atoms with Crippen LogP contribution in [0.5, 0.6) is 5.75 Å². The zero-order valence-corrected chi connectivity index (χ0v) is 13.2. The molecule has 0 aliphatic carbocycles. The summed E-state index contributed by atoms with van der Waals surface area (Å²) in [6.45, 7) is 0. The van der Waals surface area contributed by atoms with Crippen molar-refractivity contribution in [2.75, 3.05) is 7.11 Å². The summed E-state index contributed by atoms with van der Waals surface area (Å²) in [4.78, 5) is 10.7. The van der Waals surface area contributed by atoms with Crippen LogP contribution in [0.1, 0.15) is 5.56 Å². The van der Waals surface area contributed by atoms with Crippen molar-refractivity contribution in [1.82, 2.24) is 9.78 Å². The average Bonchev–Trinajstić information content (AvgIpc) is 3.06. The van der Waals surface area contributed by atoms with Crippen LogP contribution >= 0.6 is 0 Å². The van der Waals surface area contributed by atoms with Crippen molar-refractivity contribution in [1.29, 1.82) is 0 Å². The van der Waals surface area contributed by atoms with E-state index in [4.69, 9.17) is 9.94 Å². The summed E-state index contributed by atoms with van der Waals surface area (Å²) in [5.74, 6) is 0.161. The third kappa shape index (κ3) is 3.18. The fraction of sp³-hybridized carbons (Fsp3) is 0.0588. The van der Waals surface area contributed by atoms with Crippen LogP contribution in [-0.4, -0.2) is 33.2 Å². The highest BCUT2D eigenvalue weighted by molar-refractivity contribution is 5.89. The maximum atomic E-state index is 11.2. The molecule has 1 aromatic heterocycles. The molecule has 0 fully saturated rings. The Labute approximate surface area is 142 Å². The second-order valence-electron chi connectivity index (χ2n) is 5.10. The molecule has 0 aliphatic heterocycles. The van der Waals surface area contributed by atoms with Crippen molar-refractivity contribution in [3.8, 4) is 22.7 Å². The number of aromatic nitrogens is 2. The molecule has 0 bridgehead atoms. The van der Waals surface area contributed by atoms with Gasteiger partial charge < -0.3 is 9.94 Å². The highest BCUT2D eigenvalue weighted by Gasteiger charge is 2.19. The van der Waals surface area contributed by atoms with Crippen LogP contribution < -0.4 is 4.74 Å². The highest BCUT2D eigenvalue weighted by atomic mass is 16.6. The predicted molar refractivity (Wildman–Crippen MR) is 91.6 cm³/mol. The standard InChI is InChI=1S/C17H14N4O4/c1-25-16-8-7-12(9-15(16)21(23)24)17-13(10-18-22)11-20(19-17)14-5-3-2-4-6-14/h2-11,22H,1H3/b18-10-. The first-order chi connectivity index (χ1) is 12.1. The van der Waals surface area contributed by atoms with Gasteiger partial charge in [-0.2, -0.15) is 5.10 Å². The average molecular weight is 338 g/mol. The molecule has 0 saturated heterocycles. The van der Waals surface area contributed by atoms with Crippen molar-refractivity contribution in [2.24, 2.45) is 5.16 Å². The van der Waals surface area contributed by atoms with Gasteiger partial charge in [0.05, 0.1) is 23.9 Å². The summed E-state index contributed by atoms with van der Waals surface area (Å²) in [7, 11) is 1.37. The van der Waals surface area contributed by atoms with E-state index in [1.54, 1.807) is 16.9 Å². The minimum Gasteiger partial charge on any atom is -0.490 e. The number of hydrogen-bond acceptors (Lipinski definition) is 6. The molecule has 0 spiro atoms. The zero-order valence-electron chi connectivity index (χ0n) is 13.2. The SMILES string of the molecule is COc1ccc(-c2nn(-c3ccccc3)cc2/C=N\O)cc1[N+](=O)[O-]. The first-order valence-electron chi connectivity index (χ1n) is 7.29. The van der Waals surface area contributed by atoms with Gasteiger partial charge >= 0.3 is 5.69 Å². The van der Waals surface area contributed by atoms with E-state index in [0.717, 1.165) is 5.69 Å². The molecule has 0 saturated carbocycles. The molecule has 1 heterocycles. The predicted octanol–water partition coefficient (Wildman–Crippen LogP) is 3.26. The van der Waals surface area contributed by atoms with E-state index in [0.29, 0.717) is 16.8 Å². The molecule has 8 heteroatoms. The lowest BCUT2D eigenvalue weighted by atomic mass is 10.1. The lowest BCUT2D eigenvalue weighted by Crippen LogP contribution is -1.96. The van der Waals surface area contributed by atoms with E-state index in [-0.39, 0.29) is 11.4 Å². The van der Waals surface area contributed by atoms with Gasteiger partial charge in [-0.3, -0.25) is 10.1 Å². The molecule has 0 unspecified atom stereocenters. The van der Waals surface area contributed by atoms with Crippen molar-refractivity contribution in [2.45, 2.75) is 0 Å². The molecule has 3 rings (SSSR count). The topological polar surface area (TPSA) is 103 Å². The van der Waals surface area contributed by atoms with Crippen LogP contribution in [0.3, 0.4) is 0 Å². The maximum Gasteiger partial charge on any atom is 0.311 e. The van der Waals surface area contributed by atoms with E-state index in [1.807, 2.05) is 30.3 Å². The summed E-state index contributed by atoms with van der Waals surface area (Å²) < 4.78 is 6.63. The zero-order chi connectivity index (χ0) is 17.8. The summed E-state index contributed by atoms with van der Waals surface area (Å²) in [5.41, 5.74) is 2.13. The largest absolute Gasteiger partial charge is 0.490 e. The Morgan fingerprint density at radius 2 is 2.04 bits per heavy atom. The molecular formula is C17H14N4O4. The Kier molecular flexibility index (Phi) is 4.42. The highest BCUT2D eigenvalue weighted by Crippen LogP contribution is 2.32. The van der Waals surface area contributed by atoms with Crippen LogP contribution in [0.2, 0.25) is 0 Å². The fourth-order valence-corrected chi connectivity index (χ4v) is 2.46. The molecule has 0 aliphatic rings. The first-order valence-corrected chi connectivity index (χ1v) is 7.29. The number of para-hydroxylation sites is 1. The fourth-order valence-electron chi connectivity index (χ4n) is 2.46. The molecule has 0 atom stereocenters. The van der Waals surface area contributed by atoms with Crippen molar-refractivity contribution >= 4 is 11.9 Å². The molecule has 0 amide bonds. The summed E-state index contributed by atoms with van der Waals surface area (Å²) >= 11 is 0. The van der Waals surface area contributed by atoms with Gasteiger partial charge in [0.1, 0.15) is 5.69 Å². The maximum absolute atomic E-state index is 11.2. The summed E-state index contributed by atoms with van der Waals surface area (Å²) in [5, 5.41) is 27.7. The Morgan fingerprint density at radius 3 is 2.68 bits per heavy atom. The number of nitro groups is 1. The Bertz CT molecular complexity index is 935. The molecule has 126 valence electrons. The van der Waals surface area contributed by atoms with E-state index in [2.05, 4.69) is 10.3 Å². The molecule has 0 radical (unpaired) electrons. The molecule has 1 N–H and O–H groups in total. The quantitative estimate of drug-likeness (QED) is 0.333. The Morgan fingerprint density at radius 1 is 1.28 bits per heavy atom. The Hall–Kier alpha value is -3.68. The lowest BCUT2D eigenvalue weighted by Gasteiger charge is -2.04. The van der Waals surface area contributed by atoms with Gasteiger partial charge in [0.15, 0.2) is 5.75 Å². The van der Waals surface area contributed by atoms with Gasteiger partial charge in [0.25, 0.3) is 0 Å². The van der Waals surface area contributed by atoms with Crippen LogP contribution in [0.25, 0.3) is 16.9 Å². The number of methoxy groups -OCH3 is 1. The number of oxime groups is 1. The van der Waals surface area contributed by atoms with Gasteiger partial charge in [-0.1, -0.05) is 23.4 Å². The minimum absolute atomic E-state index is 0.161. The second kappa shape index (κ2) is 6.83. The molecule has 2 aromatic carbocycles. The monoisotopic (exact) mass is 338 g/mol. The number of rotatable bonds is 5. The van der Waals surface area contributed by atoms with Gasteiger partial charge in [-0.05, 0) is 24.3 Å². The number of nitrogens with zero attached hydrogens (tertiary/aromatic N) is 4. The van der Waals surface area contributed by atoms with Crippen molar-refractivity contribution in [3.63, 3.8) is 0 Å². The number of hydrogen-bond donors (Lipinski definition) is 1. The molecule has 25 heavy (non-hydrogen) atoms. The van der Waals surface area contributed by atoms with E-state index in [9.17, 15) is 10.1 Å². The van der Waals surface area contributed by atoms with E-state index >= 15 is 0 Å². The van der Waals surface area contributed by atoms with Crippen LogP contribution in [-0.2, 0) is 0 Å². The van der Waals surface area contributed by atoms with Crippen molar-refractivity contribution in [3.05, 3.63) is 70.4 Å². The number of nitro benzene ring substituents is 1. The molecule has 8 nitrogen and oxygen atoms in total. The summed E-state index contributed by atoms with van der Waals surface area (Å²) in [6, 6.07) is 13.9. The normalized spacial score (nSPS) is 10.9. The molecular weight excluding hydrogens is 324 g/mol. The smallest absolute Gasteiger partial charge is 0.311 e. The lowest BCUT2D eigenvalue weighted by molar-refractivity contribution is -0.385. The number of ether oxygens (including phenoxy) is 1. The minimum atomic E-state index is -0.518. The van der Waals surface area contributed by atoms with Gasteiger partial charge in [-0.25, -0.2) is 4.68 Å². The van der Waals surface area contributed by atoms with E-state index in [1.165, 1.54) is 25.5 Å². The molecule has 3 aromatic rings. The van der Waals surface area contributed by atoms with Crippen molar-refractivity contribution < 1.29 is 14.9 Å². The van der Waals surface area contributed by atoms with Crippen LogP contribution in [0, 0.1) is 10.1 Å². The van der Waals surface area contributed by atoms with Gasteiger partial charge in [0.2, 0.25) is 0 Å². The third-order valence-corrected chi connectivity index (χ3v) is 3.61. The summed E-state index contributed by atoms with van der Waals surface area (Å²) in [6.07, 6.45) is 2.91.